The van der Waals surface area contributed by atoms with E-state index in [1.807, 2.05) is 18.7 Å². The van der Waals surface area contributed by atoms with Crippen molar-refractivity contribution in [2.24, 2.45) is 0 Å². The Kier molecular flexibility index (Phi) is 6.57. The summed E-state index contributed by atoms with van der Waals surface area (Å²) in [4.78, 5) is 21.8. The minimum Gasteiger partial charge on any atom is -0.487 e. The number of carboxylic acids is 1. The van der Waals surface area contributed by atoms with E-state index in [4.69, 9.17) is 16.3 Å². The van der Waals surface area contributed by atoms with Crippen LogP contribution in [0.5, 0.6) is 5.75 Å². The number of ether oxygens (including phenoxy) is 1. The van der Waals surface area contributed by atoms with Crippen LogP contribution in [0.1, 0.15) is 42.9 Å². The lowest BCUT2D eigenvalue weighted by Gasteiger charge is -2.34. The second kappa shape index (κ2) is 9.13. The monoisotopic (exact) mass is 433 g/mol. The first-order valence-corrected chi connectivity index (χ1v) is 9.85. The molecule has 0 spiro atoms. The van der Waals surface area contributed by atoms with E-state index in [-0.39, 0.29) is 29.3 Å². The fraction of sp³-hybridized carbons (Fsp3) is 0.400. The van der Waals surface area contributed by atoms with Gasteiger partial charge >= 0.3 is 5.97 Å². The lowest BCUT2D eigenvalue weighted by atomic mass is 10.1. The largest absolute Gasteiger partial charge is 0.487 e. The first kappa shape index (κ1) is 21.6. The Hall–Kier alpha value is -3.12. The number of nitrogens with zero attached hydrogens (tertiary/aromatic N) is 4. The van der Waals surface area contributed by atoms with E-state index in [1.54, 1.807) is 6.07 Å². The molecule has 1 aromatic heterocycles. The summed E-state index contributed by atoms with van der Waals surface area (Å²) >= 11 is 5.91. The molecule has 1 aliphatic rings. The molecule has 0 saturated carbocycles. The zero-order chi connectivity index (χ0) is 21.8. The molecular formula is C20H21ClFN5O3. The normalized spacial score (nSPS) is 14.5. The molecule has 3 rings (SSSR count). The number of piperidine rings is 1. The average molecular weight is 434 g/mol. The molecule has 0 radical (unpaired) electrons. The van der Waals surface area contributed by atoms with E-state index in [0.717, 1.165) is 0 Å². The second-order valence-electron chi connectivity index (χ2n) is 7.19. The van der Waals surface area contributed by atoms with Crippen molar-refractivity contribution in [2.75, 3.05) is 23.3 Å². The number of anilines is 2. The fourth-order valence-corrected chi connectivity index (χ4v) is 3.34. The third kappa shape index (κ3) is 4.89. The van der Waals surface area contributed by atoms with E-state index in [1.165, 1.54) is 18.2 Å². The van der Waals surface area contributed by atoms with E-state index in [2.05, 4.69) is 15.3 Å². The number of benzene rings is 1. The Bertz CT molecular complexity index is 987. The van der Waals surface area contributed by atoms with Gasteiger partial charge in [0.2, 0.25) is 0 Å². The maximum absolute atomic E-state index is 13.9. The van der Waals surface area contributed by atoms with Crippen molar-refractivity contribution in [3.05, 3.63) is 40.4 Å². The number of carboxylic acid groups (broad SMARTS) is 1. The van der Waals surface area contributed by atoms with Gasteiger partial charge in [0.05, 0.1) is 0 Å². The van der Waals surface area contributed by atoms with Crippen LogP contribution in [0.4, 0.5) is 16.0 Å². The first-order valence-electron chi connectivity index (χ1n) is 9.47. The summed E-state index contributed by atoms with van der Waals surface area (Å²) in [6.45, 7) is 4.81. The van der Waals surface area contributed by atoms with Crippen molar-refractivity contribution in [1.82, 2.24) is 9.97 Å². The molecule has 1 aromatic carbocycles. The standard InChI is InChI=1S/C20H21ClFN5O3/c1-11(2)24-18-19(26-17(20(28)29)15(10-23)25-18)27-7-5-13(6-8-27)30-16-9-12(21)3-4-14(16)22/h3-4,9,11,13H,5-8H2,1-2H3,(H,24,25)(H,28,29). The third-order valence-electron chi connectivity index (χ3n) is 4.54. The van der Waals surface area contributed by atoms with Crippen LogP contribution in [-0.2, 0) is 0 Å². The van der Waals surface area contributed by atoms with Crippen molar-refractivity contribution in [2.45, 2.75) is 38.8 Å². The number of hydrogen-bond donors (Lipinski definition) is 2. The van der Waals surface area contributed by atoms with Gasteiger partial charge < -0.3 is 20.1 Å². The number of hydrogen-bond acceptors (Lipinski definition) is 7. The molecule has 0 unspecified atom stereocenters. The van der Waals surface area contributed by atoms with Crippen LogP contribution in [-0.4, -0.2) is 46.3 Å². The molecule has 30 heavy (non-hydrogen) atoms. The molecule has 1 aliphatic heterocycles. The lowest BCUT2D eigenvalue weighted by molar-refractivity contribution is 0.0689. The van der Waals surface area contributed by atoms with Gasteiger partial charge in [0, 0.05) is 43.1 Å². The van der Waals surface area contributed by atoms with E-state index < -0.39 is 11.8 Å². The Balaban J connectivity index is 1.80. The van der Waals surface area contributed by atoms with Crippen LogP contribution in [0, 0.1) is 17.1 Å². The van der Waals surface area contributed by atoms with Gasteiger partial charge in [-0.15, -0.1) is 0 Å². The van der Waals surface area contributed by atoms with Gasteiger partial charge in [0.15, 0.2) is 34.6 Å². The quantitative estimate of drug-likeness (QED) is 0.709. The highest BCUT2D eigenvalue weighted by molar-refractivity contribution is 6.30. The van der Waals surface area contributed by atoms with Crippen LogP contribution in [0.3, 0.4) is 0 Å². The van der Waals surface area contributed by atoms with E-state index >= 15 is 0 Å². The Morgan fingerprint density at radius 3 is 2.70 bits per heavy atom. The van der Waals surface area contributed by atoms with E-state index in [0.29, 0.717) is 42.6 Å². The second-order valence-corrected chi connectivity index (χ2v) is 7.62. The minimum atomic E-state index is -1.31. The highest BCUT2D eigenvalue weighted by atomic mass is 35.5. The number of nitrogens with one attached hydrogen (secondary N) is 1. The van der Waals surface area contributed by atoms with Gasteiger partial charge in [0.25, 0.3) is 0 Å². The molecule has 0 aliphatic carbocycles. The van der Waals surface area contributed by atoms with Crippen LogP contribution in [0.15, 0.2) is 18.2 Å². The molecular weight excluding hydrogens is 413 g/mol. The first-order chi connectivity index (χ1) is 14.3. The summed E-state index contributed by atoms with van der Waals surface area (Å²) in [5.41, 5.74) is -0.634. The lowest BCUT2D eigenvalue weighted by Crippen LogP contribution is -2.39. The number of nitriles is 1. The smallest absolute Gasteiger partial charge is 0.357 e. The average Bonchev–Trinajstić information content (AvgIpc) is 2.70. The predicted molar refractivity (Wildman–Crippen MR) is 110 cm³/mol. The minimum absolute atomic E-state index is 0.00643. The Morgan fingerprint density at radius 1 is 1.40 bits per heavy atom. The van der Waals surface area contributed by atoms with Crippen molar-refractivity contribution < 1.29 is 19.0 Å². The molecule has 2 heterocycles. The Morgan fingerprint density at radius 2 is 2.10 bits per heavy atom. The van der Waals surface area contributed by atoms with Crippen molar-refractivity contribution in [1.29, 1.82) is 5.26 Å². The number of aromatic carboxylic acids is 1. The molecule has 10 heteroatoms. The van der Waals surface area contributed by atoms with E-state index in [9.17, 15) is 19.6 Å². The number of halogens is 2. The molecule has 2 aromatic rings. The summed E-state index contributed by atoms with van der Waals surface area (Å²) < 4.78 is 19.7. The Labute approximate surface area is 178 Å². The van der Waals surface area contributed by atoms with Crippen molar-refractivity contribution >= 4 is 29.2 Å². The van der Waals surface area contributed by atoms with Gasteiger partial charge in [-0.1, -0.05) is 11.6 Å². The molecule has 0 amide bonds. The fourth-order valence-electron chi connectivity index (χ4n) is 3.18. The SMILES string of the molecule is CC(C)Nc1nc(C#N)c(C(=O)O)nc1N1CCC(Oc2cc(Cl)ccc2F)CC1. The maximum Gasteiger partial charge on any atom is 0.357 e. The summed E-state index contributed by atoms with van der Waals surface area (Å²) in [7, 11) is 0. The zero-order valence-electron chi connectivity index (χ0n) is 16.5. The summed E-state index contributed by atoms with van der Waals surface area (Å²) in [5.74, 6) is -0.964. The zero-order valence-corrected chi connectivity index (χ0v) is 17.3. The number of rotatable bonds is 6. The van der Waals surface area contributed by atoms with Crippen molar-refractivity contribution in [3.63, 3.8) is 0 Å². The summed E-state index contributed by atoms with van der Waals surface area (Å²) in [6, 6.07) is 5.95. The molecule has 1 fully saturated rings. The molecule has 0 atom stereocenters. The maximum atomic E-state index is 13.9. The topological polar surface area (TPSA) is 111 Å². The molecule has 2 N–H and O–H groups in total. The van der Waals surface area contributed by atoms with Gasteiger partial charge in [-0.2, -0.15) is 5.26 Å². The third-order valence-corrected chi connectivity index (χ3v) is 4.77. The highest BCUT2D eigenvalue weighted by Gasteiger charge is 2.27. The van der Waals surface area contributed by atoms with Crippen LogP contribution >= 0.6 is 11.6 Å². The molecule has 0 bridgehead atoms. The highest BCUT2D eigenvalue weighted by Crippen LogP contribution is 2.29. The number of carbonyl (C=O) groups is 1. The summed E-state index contributed by atoms with van der Waals surface area (Å²) in [6.07, 6.45) is 0.912. The van der Waals surface area contributed by atoms with Gasteiger partial charge in [-0.3, -0.25) is 0 Å². The van der Waals surface area contributed by atoms with Crippen molar-refractivity contribution in [3.8, 4) is 11.8 Å². The predicted octanol–water partition coefficient (Wildman–Crippen LogP) is 3.71. The molecule has 8 nitrogen and oxygen atoms in total. The van der Waals surface area contributed by atoms with Gasteiger partial charge in [-0.25, -0.2) is 19.2 Å². The summed E-state index contributed by atoms with van der Waals surface area (Å²) in [5, 5.41) is 22.1. The van der Waals surface area contributed by atoms with Crippen LogP contribution in [0.25, 0.3) is 0 Å². The number of aromatic nitrogens is 2. The molecule has 1 saturated heterocycles. The van der Waals surface area contributed by atoms with Gasteiger partial charge in [-0.05, 0) is 26.0 Å². The van der Waals surface area contributed by atoms with Crippen LogP contribution < -0.4 is 15.0 Å². The van der Waals surface area contributed by atoms with Gasteiger partial charge in [0.1, 0.15) is 12.2 Å². The van der Waals surface area contributed by atoms with Crippen LogP contribution in [0.2, 0.25) is 5.02 Å². The molecule has 158 valence electrons.